The number of benzene rings is 1. The first-order chi connectivity index (χ1) is 16.8. The highest BCUT2D eigenvalue weighted by Crippen LogP contribution is 2.25. The Hall–Kier alpha value is -3.12. The van der Waals surface area contributed by atoms with Gasteiger partial charge in [0.2, 0.25) is 10.0 Å². The number of pyridine rings is 1. The molecule has 0 unspecified atom stereocenters. The highest BCUT2D eigenvalue weighted by atomic mass is 35.5. The van der Waals surface area contributed by atoms with E-state index in [1.54, 1.807) is 36.7 Å². The minimum Gasteiger partial charge on any atom is -0.382 e. The van der Waals surface area contributed by atoms with Crippen LogP contribution in [0.5, 0.6) is 0 Å². The largest absolute Gasteiger partial charge is 0.382 e. The van der Waals surface area contributed by atoms with Crippen LogP contribution in [0.25, 0.3) is 11.3 Å². The molecule has 1 aromatic carbocycles. The van der Waals surface area contributed by atoms with Crippen LogP contribution in [-0.4, -0.2) is 65.7 Å². The second-order valence-electron chi connectivity index (χ2n) is 8.70. The molecule has 0 spiro atoms. The molecule has 0 aliphatic carbocycles. The lowest BCUT2D eigenvalue weighted by atomic mass is 10.1. The quantitative estimate of drug-likeness (QED) is 0.475. The molecule has 36 heavy (non-hydrogen) atoms. The Morgan fingerprint density at radius 2 is 1.78 bits per heavy atom. The number of carbonyl (C=O) groups is 1. The van der Waals surface area contributed by atoms with E-state index in [9.17, 15) is 13.2 Å². The second kappa shape index (κ2) is 11.7. The van der Waals surface area contributed by atoms with Gasteiger partial charge in [-0.3, -0.25) is 9.78 Å². The standard InChI is InChI=1S/C24H29N7O3S.ClH/c1-30(2)16-18-10-11-26-14-20(18)29-24(32)22-23(25)27-15-21(28-22)17-6-8-19(9-7-17)35(33,34)31-12-4-3-5-13-31;/h6-11,14-15H,3-5,12-13,16H2,1-2H3,(H2,25,27)(H,29,32);1H. The zero-order valence-electron chi connectivity index (χ0n) is 20.2. The molecular formula is C24H30ClN7O3S. The minimum absolute atomic E-state index is 0. The fourth-order valence-electron chi connectivity index (χ4n) is 3.95. The summed E-state index contributed by atoms with van der Waals surface area (Å²) in [7, 11) is 0.332. The van der Waals surface area contributed by atoms with Crippen LogP contribution >= 0.6 is 12.4 Å². The molecule has 12 heteroatoms. The van der Waals surface area contributed by atoms with Gasteiger partial charge >= 0.3 is 0 Å². The number of nitrogens with two attached hydrogens (primary N) is 1. The first-order valence-electron chi connectivity index (χ1n) is 11.4. The number of anilines is 2. The van der Waals surface area contributed by atoms with E-state index in [4.69, 9.17) is 5.73 Å². The summed E-state index contributed by atoms with van der Waals surface area (Å²) in [6, 6.07) is 8.27. The molecule has 1 saturated heterocycles. The molecule has 3 heterocycles. The van der Waals surface area contributed by atoms with E-state index in [1.165, 1.54) is 10.5 Å². The number of amides is 1. The third-order valence-corrected chi connectivity index (χ3v) is 7.68. The Morgan fingerprint density at radius 1 is 1.08 bits per heavy atom. The average molecular weight is 532 g/mol. The number of aromatic nitrogens is 3. The van der Waals surface area contributed by atoms with Crippen molar-refractivity contribution in [2.24, 2.45) is 0 Å². The van der Waals surface area contributed by atoms with Crippen molar-refractivity contribution in [3.8, 4) is 11.3 Å². The van der Waals surface area contributed by atoms with Crippen molar-refractivity contribution in [1.82, 2.24) is 24.2 Å². The molecule has 3 N–H and O–H groups in total. The number of hydrogen-bond acceptors (Lipinski definition) is 8. The molecule has 2 aromatic heterocycles. The van der Waals surface area contributed by atoms with Gasteiger partial charge in [0.05, 0.1) is 28.7 Å². The molecule has 1 amide bonds. The van der Waals surface area contributed by atoms with Crippen molar-refractivity contribution in [3.63, 3.8) is 0 Å². The van der Waals surface area contributed by atoms with E-state index in [0.29, 0.717) is 36.6 Å². The van der Waals surface area contributed by atoms with Gasteiger partial charge in [0.25, 0.3) is 5.91 Å². The summed E-state index contributed by atoms with van der Waals surface area (Å²) < 4.78 is 27.4. The van der Waals surface area contributed by atoms with Crippen molar-refractivity contribution in [3.05, 3.63) is 60.2 Å². The van der Waals surface area contributed by atoms with Crippen molar-refractivity contribution in [2.75, 3.05) is 38.2 Å². The predicted molar refractivity (Wildman–Crippen MR) is 141 cm³/mol. The lowest BCUT2D eigenvalue weighted by Gasteiger charge is -2.25. The van der Waals surface area contributed by atoms with E-state index < -0.39 is 15.9 Å². The van der Waals surface area contributed by atoms with E-state index in [1.807, 2.05) is 25.1 Å². The maximum absolute atomic E-state index is 13.0. The zero-order valence-corrected chi connectivity index (χ0v) is 21.8. The third-order valence-electron chi connectivity index (χ3n) is 5.76. The molecule has 0 bridgehead atoms. The summed E-state index contributed by atoms with van der Waals surface area (Å²) >= 11 is 0. The van der Waals surface area contributed by atoms with E-state index >= 15 is 0 Å². The smallest absolute Gasteiger partial charge is 0.278 e. The Kier molecular flexibility index (Phi) is 8.96. The number of piperidine rings is 1. The Labute approximate surface area is 217 Å². The molecule has 1 aliphatic heterocycles. The molecular weight excluding hydrogens is 502 g/mol. The number of sulfonamides is 1. The van der Waals surface area contributed by atoms with Crippen molar-refractivity contribution in [2.45, 2.75) is 30.7 Å². The molecule has 0 radical (unpaired) electrons. The van der Waals surface area contributed by atoms with Gasteiger partial charge in [-0.05, 0) is 50.7 Å². The molecule has 0 atom stereocenters. The minimum atomic E-state index is -3.53. The first-order valence-corrected chi connectivity index (χ1v) is 12.8. The van der Waals surface area contributed by atoms with E-state index in [2.05, 4.69) is 20.3 Å². The first kappa shape index (κ1) is 27.5. The number of carbonyl (C=O) groups excluding carboxylic acids is 1. The highest BCUT2D eigenvalue weighted by molar-refractivity contribution is 7.89. The van der Waals surface area contributed by atoms with Crippen LogP contribution in [0, 0.1) is 0 Å². The molecule has 1 aliphatic rings. The van der Waals surface area contributed by atoms with Gasteiger partial charge < -0.3 is 16.0 Å². The lowest BCUT2D eigenvalue weighted by molar-refractivity contribution is 0.102. The van der Waals surface area contributed by atoms with Crippen molar-refractivity contribution < 1.29 is 13.2 Å². The summed E-state index contributed by atoms with van der Waals surface area (Å²) in [5.41, 5.74) is 8.43. The molecule has 4 rings (SSSR count). The summed E-state index contributed by atoms with van der Waals surface area (Å²) in [6.45, 7) is 1.70. The highest BCUT2D eigenvalue weighted by Gasteiger charge is 2.26. The van der Waals surface area contributed by atoms with Crippen LogP contribution in [0.1, 0.15) is 35.3 Å². The normalized spacial score (nSPS) is 14.3. The summed E-state index contributed by atoms with van der Waals surface area (Å²) in [4.78, 5) is 27.9. The number of nitrogens with zero attached hydrogens (tertiary/aromatic N) is 5. The topological polar surface area (TPSA) is 134 Å². The van der Waals surface area contributed by atoms with Crippen LogP contribution in [0.2, 0.25) is 0 Å². The van der Waals surface area contributed by atoms with Crippen LogP contribution in [0.3, 0.4) is 0 Å². The van der Waals surface area contributed by atoms with Crippen molar-refractivity contribution in [1.29, 1.82) is 0 Å². The molecule has 3 aromatic rings. The molecule has 192 valence electrons. The molecule has 1 fully saturated rings. The summed E-state index contributed by atoms with van der Waals surface area (Å²) in [5.74, 6) is -0.511. The predicted octanol–water partition coefficient (Wildman–Crippen LogP) is 3.03. The Balaban J connectivity index is 0.00000361. The van der Waals surface area contributed by atoms with Gasteiger partial charge in [-0.25, -0.2) is 18.4 Å². The monoisotopic (exact) mass is 531 g/mol. The summed E-state index contributed by atoms with van der Waals surface area (Å²) in [6.07, 6.45) is 7.50. The van der Waals surface area contributed by atoms with Gasteiger partial charge in [-0.1, -0.05) is 18.6 Å². The third kappa shape index (κ3) is 6.16. The second-order valence-corrected chi connectivity index (χ2v) is 10.6. The number of rotatable bonds is 7. The number of nitrogens with one attached hydrogen (secondary N) is 1. The Morgan fingerprint density at radius 3 is 2.44 bits per heavy atom. The van der Waals surface area contributed by atoms with Gasteiger partial charge in [0.15, 0.2) is 11.5 Å². The number of hydrogen-bond donors (Lipinski definition) is 2. The fourth-order valence-corrected chi connectivity index (χ4v) is 5.47. The van der Waals surface area contributed by atoms with Crippen LogP contribution in [-0.2, 0) is 16.6 Å². The zero-order chi connectivity index (χ0) is 25.0. The fraction of sp³-hybridized carbons (Fsp3) is 0.333. The molecule has 0 saturated carbocycles. The van der Waals surface area contributed by atoms with Crippen LogP contribution in [0.15, 0.2) is 53.8 Å². The number of nitrogen functional groups attached to an aromatic ring is 1. The van der Waals surface area contributed by atoms with E-state index in [-0.39, 0.29) is 28.8 Å². The number of halogens is 1. The molecule has 10 nitrogen and oxygen atoms in total. The van der Waals surface area contributed by atoms with Crippen LogP contribution in [0.4, 0.5) is 11.5 Å². The van der Waals surface area contributed by atoms with E-state index in [0.717, 1.165) is 24.8 Å². The van der Waals surface area contributed by atoms with Crippen LogP contribution < -0.4 is 11.1 Å². The SMILES string of the molecule is CN(C)Cc1ccncc1NC(=O)c1nc(-c2ccc(S(=O)(=O)N3CCCCC3)cc2)cnc1N.Cl. The van der Waals surface area contributed by atoms with Gasteiger partial charge in [0, 0.05) is 31.4 Å². The summed E-state index contributed by atoms with van der Waals surface area (Å²) in [5, 5.41) is 2.82. The van der Waals surface area contributed by atoms with Gasteiger partial charge in [0.1, 0.15) is 0 Å². The maximum Gasteiger partial charge on any atom is 0.278 e. The Bertz CT molecular complexity index is 1310. The lowest BCUT2D eigenvalue weighted by Crippen LogP contribution is -2.35. The van der Waals surface area contributed by atoms with Gasteiger partial charge in [-0.15, -0.1) is 12.4 Å². The maximum atomic E-state index is 13.0. The van der Waals surface area contributed by atoms with Gasteiger partial charge in [-0.2, -0.15) is 4.31 Å². The van der Waals surface area contributed by atoms with Crippen molar-refractivity contribution >= 4 is 39.8 Å². The average Bonchev–Trinajstić information content (AvgIpc) is 2.86.